The van der Waals surface area contributed by atoms with Crippen LogP contribution in [0.4, 0.5) is 14.6 Å². The van der Waals surface area contributed by atoms with Gasteiger partial charge in [-0.25, -0.2) is 22.0 Å². The highest BCUT2D eigenvalue weighted by molar-refractivity contribution is 7.92. The van der Waals surface area contributed by atoms with Crippen LogP contribution in [-0.2, 0) is 17.1 Å². The second-order valence-corrected chi connectivity index (χ2v) is 5.70. The average molecular weight is 317 g/mol. The van der Waals surface area contributed by atoms with E-state index >= 15 is 0 Å². The molecule has 2 rings (SSSR count). The molecule has 10 heteroatoms. The van der Waals surface area contributed by atoms with Crippen LogP contribution in [0.5, 0.6) is 0 Å². The molecule has 0 aliphatic heterocycles. The van der Waals surface area contributed by atoms with Gasteiger partial charge in [0.25, 0.3) is 10.0 Å². The van der Waals surface area contributed by atoms with E-state index < -0.39 is 38.1 Å². The SMILES string of the molecule is Cn1ccc(NS(=O)(=O)c2cc(C(=O)O)c(F)cc2F)n1. The van der Waals surface area contributed by atoms with E-state index in [0.717, 1.165) is 0 Å². The summed E-state index contributed by atoms with van der Waals surface area (Å²) in [6.45, 7) is 0. The van der Waals surface area contributed by atoms with Crippen molar-refractivity contribution in [1.29, 1.82) is 0 Å². The van der Waals surface area contributed by atoms with Crippen LogP contribution in [-0.4, -0.2) is 29.3 Å². The van der Waals surface area contributed by atoms with Crippen molar-refractivity contribution in [3.8, 4) is 0 Å². The fraction of sp³-hybridized carbons (Fsp3) is 0.0909. The van der Waals surface area contributed by atoms with Crippen LogP contribution in [0, 0.1) is 11.6 Å². The Bertz CT molecular complexity index is 817. The number of halogens is 2. The van der Waals surface area contributed by atoms with Gasteiger partial charge < -0.3 is 5.11 Å². The Morgan fingerprint density at radius 3 is 2.52 bits per heavy atom. The Morgan fingerprint density at radius 1 is 1.33 bits per heavy atom. The molecule has 2 aromatic rings. The Labute approximate surface area is 117 Å². The lowest BCUT2D eigenvalue weighted by molar-refractivity contribution is 0.0691. The molecule has 2 N–H and O–H groups in total. The number of nitrogens with one attached hydrogen (secondary N) is 1. The first kappa shape index (κ1) is 14.9. The first-order chi connectivity index (χ1) is 9.70. The van der Waals surface area contributed by atoms with Crippen molar-refractivity contribution in [1.82, 2.24) is 9.78 Å². The van der Waals surface area contributed by atoms with Gasteiger partial charge in [-0.3, -0.25) is 9.40 Å². The molecule has 0 unspecified atom stereocenters. The molecule has 0 saturated heterocycles. The molecule has 0 aliphatic rings. The second kappa shape index (κ2) is 5.13. The zero-order chi connectivity index (χ0) is 15.8. The average Bonchev–Trinajstić information content (AvgIpc) is 2.72. The van der Waals surface area contributed by atoms with E-state index in [1.807, 2.05) is 4.72 Å². The number of sulfonamides is 1. The molecule has 1 aromatic carbocycles. The van der Waals surface area contributed by atoms with Gasteiger partial charge in [-0.15, -0.1) is 0 Å². The molecule has 1 aromatic heterocycles. The maximum absolute atomic E-state index is 13.6. The van der Waals surface area contributed by atoms with Gasteiger partial charge in [-0.05, 0) is 6.07 Å². The van der Waals surface area contributed by atoms with Crippen LogP contribution in [0.2, 0.25) is 0 Å². The molecule has 0 fully saturated rings. The van der Waals surface area contributed by atoms with Gasteiger partial charge in [0.1, 0.15) is 16.5 Å². The molecule has 0 amide bonds. The van der Waals surface area contributed by atoms with Crippen molar-refractivity contribution in [3.63, 3.8) is 0 Å². The fourth-order valence-electron chi connectivity index (χ4n) is 1.56. The number of carboxylic acids is 1. The zero-order valence-electron chi connectivity index (χ0n) is 10.5. The summed E-state index contributed by atoms with van der Waals surface area (Å²) in [4.78, 5) is 9.80. The van der Waals surface area contributed by atoms with Crippen molar-refractivity contribution in [2.75, 3.05) is 4.72 Å². The molecule has 0 aliphatic carbocycles. The Hall–Kier alpha value is -2.49. The van der Waals surface area contributed by atoms with Crippen molar-refractivity contribution >= 4 is 21.8 Å². The third-order valence-corrected chi connectivity index (χ3v) is 3.86. The number of aromatic carboxylic acids is 1. The second-order valence-electron chi connectivity index (χ2n) is 4.05. The van der Waals surface area contributed by atoms with Crippen LogP contribution in [0.25, 0.3) is 0 Å². The minimum absolute atomic E-state index is 0.0851. The van der Waals surface area contributed by atoms with Crippen LogP contribution < -0.4 is 4.72 Å². The molecular formula is C11H9F2N3O4S. The normalized spacial score (nSPS) is 11.4. The quantitative estimate of drug-likeness (QED) is 0.882. The van der Waals surface area contributed by atoms with Crippen LogP contribution in [0.3, 0.4) is 0 Å². The summed E-state index contributed by atoms with van der Waals surface area (Å²) < 4.78 is 54.1. The molecule has 1 heterocycles. The van der Waals surface area contributed by atoms with E-state index in [2.05, 4.69) is 5.10 Å². The highest BCUT2D eigenvalue weighted by atomic mass is 32.2. The molecule has 0 saturated carbocycles. The van der Waals surface area contributed by atoms with Gasteiger partial charge in [0.15, 0.2) is 5.82 Å². The van der Waals surface area contributed by atoms with E-state index in [0.29, 0.717) is 6.07 Å². The summed E-state index contributed by atoms with van der Waals surface area (Å²) in [5.41, 5.74) is -0.946. The molecular weight excluding hydrogens is 308 g/mol. The number of carbonyl (C=O) groups is 1. The number of carboxylic acid groups (broad SMARTS) is 1. The van der Waals surface area contributed by atoms with E-state index in [1.54, 1.807) is 7.05 Å². The number of aromatic nitrogens is 2. The topological polar surface area (TPSA) is 101 Å². The summed E-state index contributed by atoms with van der Waals surface area (Å²) in [6, 6.07) is 1.94. The van der Waals surface area contributed by atoms with Crippen LogP contribution in [0.15, 0.2) is 29.3 Å². The summed E-state index contributed by atoms with van der Waals surface area (Å²) in [5.74, 6) is -4.56. The van der Waals surface area contributed by atoms with Gasteiger partial charge in [-0.1, -0.05) is 0 Å². The third-order valence-electron chi connectivity index (χ3n) is 2.49. The van der Waals surface area contributed by atoms with E-state index in [1.165, 1.54) is 16.9 Å². The largest absolute Gasteiger partial charge is 0.478 e. The minimum Gasteiger partial charge on any atom is -0.478 e. The van der Waals surface area contributed by atoms with E-state index in [9.17, 15) is 22.0 Å². The van der Waals surface area contributed by atoms with Crippen molar-refractivity contribution < 1.29 is 27.1 Å². The highest BCUT2D eigenvalue weighted by Gasteiger charge is 2.24. The van der Waals surface area contributed by atoms with E-state index in [4.69, 9.17) is 5.11 Å². The smallest absolute Gasteiger partial charge is 0.338 e. The standard InChI is InChI=1S/C11H9F2N3O4S/c1-16-3-2-10(14-16)15-21(19,20)9-4-6(11(17)18)7(12)5-8(9)13/h2-5H,1H3,(H,14,15)(H,17,18). The van der Waals surface area contributed by atoms with Gasteiger partial charge in [-0.2, -0.15) is 5.10 Å². The number of aryl methyl sites for hydroxylation is 1. The number of anilines is 1. The monoisotopic (exact) mass is 317 g/mol. The summed E-state index contributed by atoms with van der Waals surface area (Å²) >= 11 is 0. The lowest BCUT2D eigenvalue weighted by Gasteiger charge is -2.08. The van der Waals surface area contributed by atoms with E-state index in [-0.39, 0.29) is 11.9 Å². The predicted molar refractivity (Wildman–Crippen MR) is 67.3 cm³/mol. The van der Waals surface area contributed by atoms with Gasteiger partial charge >= 0.3 is 5.97 Å². The molecule has 0 radical (unpaired) electrons. The number of hydrogen-bond acceptors (Lipinski definition) is 4. The highest BCUT2D eigenvalue weighted by Crippen LogP contribution is 2.21. The number of hydrogen-bond donors (Lipinski definition) is 2. The summed E-state index contributed by atoms with van der Waals surface area (Å²) in [5, 5.41) is 12.5. The first-order valence-electron chi connectivity index (χ1n) is 5.45. The zero-order valence-corrected chi connectivity index (χ0v) is 11.4. The van der Waals surface area contributed by atoms with Gasteiger partial charge in [0.2, 0.25) is 0 Å². The Kier molecular flexibility index (Phi) is 3.64. The predicted octanol–water partition coefficient (Wildman–Crippen LogP) is 1.20. The van der Waals surface area contributed by atoms with Crippen LogP contribution in [0.1, 0.15) is 10.4 Å². The molecule has 21 heavy (non-hydrogen) atoms. The van der Waals surface area contributed by atoms with Gasteiger partial charge in [0.05, 0.1) is 5.56 Å². The fourth-order valence-corrected chi connectivity index (χ4v) is 2.64. The maximum atomic E-state index is 13.6. The summed E-state index contributed by atoms with van der Waals surface area (Å²) in [7, 11) is -2.89. The maximum Gasteiger partial charge on any atom is 0.338 e. The van der Waals surface area contributed by atoms with Crippen molar-refractivity contribution in [3.05, 3.63) is 41.6 Å². The molecule has 0 atom stereocenters. The molecule has 0 bridgehead atoms. The Morgan fingerprint density at radius 2 is 2.00 bits per heavy atom. The number of benzene rings is 1. The molecule has 0 spiro atoms. The van der Waals surface area contributed by atoms with Crippen molar-refractivity contribution in [2.45, 2.75) is 4.90 Å². The molecule has 112 valence electrons. The minimum atomic E-state index is -4.43. The Balaban J connectivity index is 2.49. The summed E-state index contributed by atoms with van der Waals surface area (Å²) in [6.07, 6.45) is 1.45. The van der Waals surface area contributed by atoms with Crippen molar-refractivity contribution in [2.24, 2.45) is 7.05 Å². The lowest BCUT2D eigenvalue weighted by atomic mass is 10.2. The van der Waals surface area contributed by atoms with Crippen LogP contribution >= 0.6 is 0 Å². The number of rotatable bonds is 4. The lowest BCUT2D eigenvalue weighted by Crippen LogP contribution is -2.17. The first-order valence-corrected chi connectivity index (χ1v) is 6.94. The number of nitrogens with zero attached hydrogens (tertiary/aromatic N) is 2. The van der Waals surface area contributed by atoms with Gasteiger partial charge in [0, 0.05) is 25.4 Å². The third kappa shape index (κ3) is 2.99. The molecule has 7 nitrogen and oxygen atoms in total.